The van der Waals surface area contributed by atoms with Gasteiger partial charge in [-0.1, -0.05) is 46.3 Å². The molecular weight excluding hydrogens is 414 g/mol. The molecule has 3 rings (SSSR count). The second-order valence-corrected chi connectivity index (χ2v) is 6.58. The Hall–Kier alpha value is -3.26. The maximum absolute atomic E-state index is 12.2. The number of halogens is 1. The number of nitrogens with one attached hydrogen (secondary N) is 1. The molecule has 0 bridgehead atoms. The molecule has 0 aliphatic heterocycles. The standard InChI is InChI=1S/C19H14BrN3O4/c20-16-7-6-13(14-3-1-2-4-15(14)16)10-19(25)22-21-11-12-5-8-17(23(26)27)18(24)9-12/h1-9,11,24H,10H2,(H,22,25)/b21-11-. The lowest BCUT2D eigenvalue weighted by molar-refractivity contribution is -0.385. The topological polar surface area (TPSA) is 105 Å². The number of amides is 1. The molecule has 2 N–H and O–H groups in total. The normalized spacial score (nSPS) is 11.0. The van der Waals surface area contributed by atoms with Gasteiger partial charge in [0.15, 0.2) is 5.75 Å². The van der Waals surface area contributed by atoms with Crippen molar-refractivity contribution in [1.82, 2.24) is 5.43 Å². The van der Waals surface area contributed by atoms with Crippen LogP contribution in [0.15, 0.2) is 64.2 Å². The zero-order chi connectivity index (χ0) is 19.4. The van der Waals surface area contributed by atoms with Crippen molar-refractivity contribution in [2.24, 2.45) is 5.10 Å². The summed E-state index contributed by atoms with van der Waals surface area (Å²) in [5.74, 6) is -0.763. The van der Waals surface area contributed by atoms with Gasteiger partial charge in [0.05, 0.1) is 17.6 Å². The van der Waals surface area contributed by atoms with E-state index in [2.05, 4.69) is 26.5 Å². The highest BCUT2D eigenvalue weighted by molar-refractivity contribution is 9.10. The van der Waals surface area contributed by atoms with Gasteiger partial charge in [0, 0.05) is 10.5 Å². The third kappa shape index (κ3) is 4.29. The van der Waals surface area contributed by atoms with Gasteiger partial charge >= 0.3 is 5.69 Å². The van der Waals surface area contributed by atoms with Gasteiger partial charge < -0.3 is 5.11 Å². The van der Waals surface area contributed by atoms with Crippen LogP contribution in [-0.4, -0.2) is 22.2 Å². The molecule has 0 aliphatic carbocycles. The minimum atomic E-state index is -0.680. The van der Waals surface area contributed by atoms with Crippen molar-refractivity contribution in [3.05, 3.63) is 80.3 Å². The summed E-state index contributed by atoms with van der Waals surface area (Å²) in [6.45, 7) is 0. The molecule has 0 heterocycles. The van der Waals surface area contributed by atoms with Gasteiger partial charge in [-0.05, 0) is 40.1 Å². The van der Waals surface area contributed by atoms with E-state index in [0.29, 0.717) is 5.56 Å². The van der Waals surface area contributed by atoms with Crippen LogP contribution in [0.5, 0.6) is 5.75 Å². The number of nitro benzene ring substituents is 1. The fourth-order valence-electron chi connectivity index (χ4n) is 2.65. The second-order valence-electron chi connectivity index (χ2n) is 5.73. The minimum absolute atomic E-state index is 0.149. The van der Waals surface area contributed by atoms with Gasteiger partial charge in [-0.15, -0.1) is 0 Å². The number of hydrazone groups is 1. The van der Waals surface area contributed by atoms with Crippen molar-refractivity contribution >= 4 is 44.5 Å². The molecule has 0 saturated carbocycles. The Kier molecular flexibility index (Phi) is 5.46. The molecule has 0 fully saturated rings. The van der Waals surface area contributed by atoms with Crippen LogP contribution in [0.2, 0.25) is 0 Å². The number of phenolic OH excluding ortho intramolecular Hbond substituents is 1. The lowest BCUT2D eigenvalue weighted by atomic mass is 10.0. The number of carbonyl (C=O) groups excluding carboxylic acids is 1. The van der Waals surface area contributed by atoms with Crippen LogP contribution in [0.4, 0.5) is 5.69 Å². The second kappa shape index (κ2) is 7.96. The maximum Gasteiger partial charge on any atom is 0.310 e. The number of fused-ring (bicyclic) bond motifs is 1. The minimum Gasteiger partial charge on any atom is -0.502 e. The Morgan fingerprint density at radius 2 is 1.93 bits per heavy atom. The third-order valence-corrected chi connectivity index (χ3v) is 4.60. The van der Waals surface area contributed by atoms with E-state index in [9.17, 15) is 20.0 Å². The van der Waals surface area contributed by atoms with Gasteiger partial charge in [0.2, 0.25) is 5.91 Å². The highest BCUT2D eigenvalue weighted by Crippen LogP contribution is 2.27. The molecule has 0 spiro atoms. The van der Waals surface area contributed by atoms with Gasteiger partial charge in [0.25, 0.3) is 0 Å². The average Bonchev–Trinajstić information content (AvgIpc) is 2.64. The predicted octanol–water partition coefficient (Wildman–Crippen LogP) is 3.91. The molecule has 0 atom stereocenters. The van der Waals surface area contributed by atoms with E-state index >= 15 is 0 Å². The predicted molar refractivity (Wildman–Crippen MR) is 106 cm³/mol. The van der Waals surface area contributed by atoms with Gasteiger partial charge in [-0.2, -0.15) is 5.10 Å². The highest BCUT2D eigenvalue weighted by atomic mass is 79.9. The van der Waals surface area contributed by atoms with Crippen LogP contribution in [0.1, 0.15) is 11.1 Å². The number of benzene rings is 3. The van der Waals surface area contributed by atoms with E-state index in [4.69, 9.17) is 0 Å². The first-order chi connectivity index (χ1) is 13.0. The van der Waals surface area contributed by atoms with Crippen molar-refractivity contribution in [2.45, 2.75) is 6.42 Å². The van der Waals surface area contributed by atoms with Crippen LogP contribution in [0.3, 0.4) is 0 Å². The van der Waals surface area contributed by atoms with Crippen molar-refractivity contribution in [1.29, 1.82) is 0 Å². The molecule has 27 heavy (non-hydrogen) atoms. The number of nitro groups is 1. The fraction of sp³-hybridized carbons (Fsp3) is 0.0526. The Morgan fingerprint density at radius 3 is 2.63 bits per heavy atom. The van der Waals surface area contributed by atoms with Gasteiger partial charge in [-0.3, -0.25) is 14.9 Å². The highest BCUT2D eigenvalue weighted by Gasteiger charge is 2.12. The summed E-state index contributed by atoms with van der Waals surface area (Å²) >= 11 is 3.50. The van der Waals surface area contributed by atoms with Crippen molar-refractivity contribution in [3.63, 3.8) is 0 Å². The summed E-state index contributed by atoms with van der Waals surface area (Å²) in [5.41, 5.74) is 3.32. The molecule has 0 unspecified atom stereocenters. The Balaban J connectivity index is 1.69. The van der Waals surface area contributed by atoms with Crippen molar-refractivity contribution in [2.75, 3.05) is 0 Å². The average molecular weight is 428 g/mol. The third-order valence-electron chi connectivity index (χ3n) is 3.91. The molecule has 0 saturated heterocycles. The first kappa shape index (κ1) is 18.5. The molecule has 3 aromatic carbocycles. The monoisotopic (exact) mass is 427 g/mol. The summed E-state index contributed by atoms with van der Waals surface area (Å²) in [6, 6.07) is 15.3. The van der Waals surface area contributed by atoms with Gasteiger partial charge in [-0.25, -0.2) is 5.43 Å². The summed E-state index contributed by atoms with van der Waals surface area (Å²) in [5, 5.41) is 26.1. The molecule has 0 aliphatic rings. The van der Waals surface area contributed by atoms with Crippen LogP contribution < -0.4 is 5.43 Å². The van der Waals surface area contributed by atoms with Crippen molar-refractivity contribution in [3.8, 4) is 5.75 Å². The van der Waals surface area contributed by atoms with E-state index in [1.54, 1.807) is 0 Å². The molecule has 7 nitrogen and oxygen atoms in total. The van der Waals surface area contributed by atoms with Crippen LogP contribution >= 0.6 is 15.9 Å². The number of rotatable bonds is 5. The molecule has 3 aromatic rings. The number of aromatic hydroxyl groups is 1. The molecule has 0 radical (unpaired) electrons. The molecule has 8 heteroatoms. The number of carbonyl (C=O) groups is 1. The quantitative estimate of drug-likeness (QED) is 0.365. The largest absolute Gasteiger partial charge is 0.502 e. The van der Waals surface area contributed by atoms with Crippen molar-refractivity contribution < 1.29 is 14.8 Å². The number of hydrogen-bond acceptors (Lipinski definition) is 5. The Bertz CT molecular complexity index is 1070. The summed E-state index contributed by atoms with van der Waals surface area (Å²) < 4.78 is 0.957. The number of hydrogen-bond donors (Lipinski definition) is 2. The number of nitrogens with zero attached hydrogens (tertiary/aromatic N) is 2. The first-order valence-corrected chi connectivity index (χ1v) is 8.70. The zero-order valence-corrected chi connectivity index (χ0v) is 15.5. The van der Waals surface area contributed by atoms with E-state index in [1.807, 2.05) is 36.4 Å². The zero-order valence-electron chi connectivity index (χ0n) is 13.9. The van der Waals surface area contributed by atoms with E-state index in [1.165, 1.54) is 24.4 Å². The van der Waals surface area contributed by atoms with Gasteiger partial charge in [0.1, 0.15) is 0 Å². The molecule has 136 valence electrons. The molecule has 0 aromatic heterocycles. The van der Waals surface area contributed by atoms with E-state index < -0.39 is 16.4 Å². The Labute approximate surface area is 162 Å². The van der Waals surface area contributed by atoms with E-state index in [-0.39, 0.29) is 12.3 Å². The fourth-order valence-corrected chi connectivity index (χ4v) is 3.12. The smallest absolute Gasteiger partial charge is 0.310 e. The summed E-state index contributed by atoms with van der Waals surface area (Å²) in [7, 11) is 0. The lowest BCUT2D eigenvalue weighted by Gasteiger charge is -2.07. The number of phenols is 1. The Morgan fingerprint density at radius 1 is 1.19 bits per heavy atom. The first-order valence-electron chi connectivity index (χ1n) is 7.91. The van der Waals surface area contributed by atoms with E-state index in [0.717, 1.165) is 20.8 Å². The van der Waals surface area contributed by atoms with Crippen LogP contribution in [0.25, 0.3) is 10.8 Å². The SMILES string of the molecule is O=C(Cc1ccc(Br)c2ccccc12)N/N=C\c1ccc([N+](=O)[O-])c(O)c1. The maximum atomic E-state index is 12.2. The lowest BCUT2D eigenvalue weighted by Crippen LogP contribution is -2.19. The summed E-state index contributed by atoms with van der Waals surface area (Å²) in [4.78, 5) is 22.2. The van der Waals surface area contributed by atoms with Crippen LogP contribution in [-0.2, 0) is 11.2 Å². The van der Waals surface area contributed by atoms with Crippen LogP contribution in [0, 0.1) is 10.1 Å². The summed E-state index contributed by atoms with van der Waals surface area (Å²) in [6.07, 6.45) is 1.46. The molecule has 1 amide bonds. The molecular formula is C19H14BrN3O4.